The Morgan fingerprint density at radius 2 is 1.91 bits per heavy atom. The van der Waals surface area contributed by atoms with E-state index in [1.807, 2.05) is 13.0 Å². The number of carbonyl (C=O) groups is 1. The Hall–Kier alpha value is -3.85. The van der Waals surface area contributed by atoms with Gasteiger partial charge in [-0.3, -0.25) is 4.79 Å². The molecule has 0 spiro atoms. The van der Waals surface area contributed by atoms with Crippen LogP contribution in [-0.2, 0) is 6.61 Å². The second-order valence-corrected chi connectivity index (χ2v) is 8.25. The number of halogens is 2. The second-order valence-electron chi connectivity index (χ2n) is 7.39. The molecule has 1 aromatic heterocycles. The van der Waals surface area contributed by atoms with E-state index in [-0.39, 0.29) is 18.2 Å². The van der Waals surface area contributed by atoms with Gasteiger partial charge in [0, 0.05) is 5.39 Å². The molecule has 3 aromatic carbocycles. The maximum Gasteiger partial charge on any atom is 0.307 e. The number of nitrogens with one attached hydrogen (secondary N) is 1. The van der Waals surface area contributed by atoms with Gasteiger partial charge in [-0.1, -0.05) is 12.1 Å². The molecule has 0 aliphatic rings. The smallest absolute Gasteiger partial charge is 0.307 e. The van der Waals surface area contributed by atoms with Crippen LogP contribution in [0, 0.1) is 5.82 Å². The van der Waals surface area contributed by atoms with Gasteiger partial charge in [0.1, 0.15) is 23.8 Å². The standard InChI is InChI=1S/C26H22BrFN2O5/c1-3-33-20-8-9-22-18(12-20)13-24(35-22)26(31)30-29-14-17-10-21(27)25(23(11-17)32-2)34-15-16-4-6-19(28)7-5-16/h4-14H,3,15H2,1-2H3,(H,30,31)/b29-14+. The summed E-state index contributed by atoms with van der Waals surface area (Å²) in [6.07, 6.45) is 1.48. The van der Waals surface area contributed by atoms with Gasteiger partial charge in [0.2, 0.25) is 0 Å². The van der Waals surface area contributed by atoms with E-state index in [0.29, 0.717) is 39.5 Å². The Labute approximate surface area is 209 Å². The van der Waals surface area contributed by atoms with Gasteiger partial charge < -0.3 is 18.6 Å². The molecule has 0 bridgehead atoms. The SMILES string of the molecule is CCOc1ccc2oc(C(=O)N/N=C/c3cc(Br)c(OCc4ccc(F)cc4)c(OC)c3)cc2c1. The highest BCUT2D eigenvalue weighted by atomic mass is 79.9. The highest BCUT2D eigenvalue weighted by Crippen LogP contribution is 2.37. The molecule has 0 atom stereocenters. The van der Waals surface area contributed by atoms with E-state index in [0.717, 1.165) is 10.9 Å². The maximum absolute atomic E-state index is 13.1. The van der Waals surface area contributed by atoms with E-state index in [1.165, 1.54) is 25.5 Å². The summed E-state index contributed by atoms with van der Waals surface area (Å²) < 4.78 is 36.1. The molecule has 1 amide bonds. The first-order chi connectivity index (χ1) is 17.0. The van der Waals surface area contributed by atoms with Crippen molar-refractivity contribution in [3.05, 3.63) is 87.8 Å². The predicted molar refractivity (Wildman–Crippen MR) is 134 cm³/mol. The van der Waals surface area contributed by atoms with Gasteiger partial charge in [-0.2, -0.15) is 5.10 Å². The normalized spacial score (nSPS) is 11.1. The van der Waals surface area contributed by atoms with Gasteiger partial charge in [0.25, 0.3) is 0 Å². The topological polar surface area (TPSA) is 82.3 Å². The first kappa shape index (κ1) is 24.3. The van der Waals surface area contributed by atoms with Crippen molar-refractivity contribution in [2.45, 2.75) is 13.5 Å². The Kier molecular flexibility index (Phi) is 7.67. The van der Waals surface area contributed by atoms with Crippen LogP contribution in [-0.4, -0.2) is 25.8 Å². The summed E-state index contributed by atoms with van der Waals surface area (Å²) in [4.78, 5) is 12.5. The average Bonchev–Trinajstić information content (AvgIpc) is 3.28. The number of carbonyl (C=O) groups excluding carboxylic acids is 1. The first-order valence-corrected chi connectivity index (χ1v) is 11.5. The lowest BCUT2D eigenvalue weighted by Gasteiger charge is -2.13. The second kappa shape index (κ2) is 11.1. The van der Waals surface area contributed by atoms with Crippen LogP contribution in [0.4, 0.5) is 4.39 Å². The molecular weight excluding hydrogens is 519 g/mol. The molecule has 180 valence electrons. The van der Waals surface area contributed by atoms with Gasteiger partial charge in [-0.25, -0.2) is 9.82 Å². The fourth-order valence-corrected chi connectivity index (χ4v) is 3.88. The minimum absolute atomic E-state index is 0.133. The summed E-state index contributed by atoms with van der Waals surface area (Å²) in [5.74, 6) is 1.01. The van der Waals surface area contributed by atoms with Crippen molar-refractivity contribution >= 4 is 39.0 Å². The van der Waals surface area contributed by atoms with Gasteiger partial charge in [-0.05, 0) is 82.5 Å². The van der Waals surface area contributed by atoms with Crippen LogP contribution in [0.15, 0.2) is 74.7 Å². The summed E-state index contributed by atoms with van der Waals surface area (Å²) in [5, 5.41) is 4.78. The van der Waals surface area contributed by atoms with Crippen molar-refractivity contribution in [2.24, 2.45) is 5.10 Å². The van der Waals surface area contributed by atoms with Crippen LogP contribution >= 0.6 is 15.9 Å². The molecule has 0 radical (unpaired) electrons. The summed E-state index contributed by atoms with van der Waals surface area (Å²) in [5.41, 5.74) is 4.51. The molecule has 1 N–H and O–H groups in total. The third kappa shape index (κ3) is 5.99. The van der Waals surface area contributed by atoms with E-state index in [4.69, 9.17) is 18.6 Å². The fourth-order valence-electron chi connectivity index (χ4n) is 3.30. The molecule has 0 aliphatic heterocycles. The third-order valence-corrected chi connectivity index (χ3v) is 5.54. The highest BCUT2D eigenvalue weighted by Gasteiger charge is 2.14. The molecule has 0 unspecified atom stereocenters. The van der Waals surface area contributed by atoms with E-state index >= 15 is 0 Å². The van der Waals surface area contributed by atoms with Crippen molar-refractivity contribution < 1.29 is 27.8 Å². The van der Waals surface area contributed by atoms with Crippen molar-refractivity contribution in [1.82, 2.24) is 5.43 Å². The zero-order chi connectivity index (χ0) is 24.8. The molecule has 35 heavy (non-hydrogen) atoms. The van der Waals surface area contributed by atoms with Crippen molar-refractivity contribution in [2.75, 3.05) is 13.7 Å². The Morgan fingerprint density at radius 3 is 2.66 bits per heavy atom. The van der Waals surface area contributed by atoms with Crippen LogP contribution in [0.25, 0.3) is 11.0 Å². The van der Waals surface area contributed by atoms with E-state index in [1.54, 1.807) is 42.5 Å². The van der Waals surface area contributed by atoms with Gasteiger partial charge in [0.15, 0.2) is 17.3 Å². The monoisotopic (exact) mass is 540 g/mol. The summed E-state index contributed by atoms with van der Waals surface area (Å²) in [7, 11) is 1.52. The van der Waals surface area contributed by atoms with Crippen molar-refractivity contribution in [3.63, 3.8) is 0 Å². The summed E-state index contributed by atoms with van der Waals surface area (Å²) >= 11 is 3.48. The molecule has 0 saturated carbocycles. The van der Waals surface area contributed by atoms with Crippen LogP contribution in [0.2, 0.25) is 0 Å². The van der Waals surface area contributed by atoms with Crippen molar-refractivity contribution in [1.29, 1.82) is 0 Å². The number of hydrogen-bond donors (Lipinski definition) is 1. The molecule has 0 aliphatic carbocycles. The maximum atomic E-state index is 13.1. The highest BCUT2D eigenvalue weighted by molar-refractivity contribution is 9.10. The van der Waals surface area contributed by atoms with Crippen LogP contribution in [0.5, 0.6) is 17.2 Å². The third-order valence-electron chi connectivity index (χ3n) is 4.95. The predicted octanol–water partition coefficient (Wildman–Crippen LogP) is 6.08. The van der Waals surface area contributed by atoms with Crippen molar-refractivity contribution in [3.8, 4) is 17.2 Å². The molecule has 0 saturated heterocycles. The summed E-state index contributed by atoms with van der Waals surface area (Å²) in [6.45, 7) is 2.69. The van der Waals surface area contributed by atoms with Crippen LogP contribution < -0.4 is 19.6 Å². The Bertz CT molecular complexity index is 1370. The van der Waals surface area contributed by atoms with E-state index in [9.17, 15) is 9.18 Å². The number of rotatable bonds is 9. The van der Waals surface area contributed by atoms with Gasteiger partial charge in [0.05, 0.1) is 24.4 Å². The fraction of sp³-hybridized carbons (Fsp3) is 0.154. The Morgan fingerprint density at radius 1 is 1.11 bits per heavy atom. The van der Waals surface area contributed by atoms with E-state index in [2.05, 4.69) is 26.5 Å². The minimum Gasteiger partial charge on any atom is -0.494 e. The number of hydrazone groups is 1. The number of benzene rings is 3. The number of methoxy groups -OCH3 is 1. The quantitative estimate of drug-likeness (QED) is 0.205. The lowest BCUT2D eigenvalue weighted by molar-refractivity contribution is 0.0929. The molecule has 9 heteroatoms. The number of amides is 1. The number of furan rings is 1. The largest absolute Gasteiger partial charge is 0.494 e. The molecule has 4 rings (SSSR count). The van der Waals surface area contributed by atoms with Gasteiger partial charge in [-0.15, -0.1) is 0 Å². The molecule has 4 aromatic rings. The Balaban J connectivity index is 1.42. The number of nitrogens with zero attached hydrogens (tertiary/aromatic N) is 1. The van der Waals surface area contributed by atoms with Crippen LogP contribution in [0.1, 0.15) is 28.6 Å². The molecule has 7 nitrogen and oxygen atoms in total. The zero-order valence-electron chi connectivity index (χ0n) is 19.0. The zero-order valence-corrected chi connectivity index (χ0v) is 20.6. The van der Waals surface area contributed by atoms with Crippen LogP contribution in [0.3, 0.4) is 0 Å². The van der Waals surface area contributed by atoms with E-state index < -0.39 is 5.91 Å². The lowest BCUT2D eigenvalue weighted by Crippen LogP contribution is -2.16. The summed E-state index contributed by atoms with van der Waals surface area (Å²) in [6, 6.07) is 16.5. The molecule has 1 heterocycles. The number of ether oxygens (including phenoxy) is 3. The number of fused-ring (bicyclic) bond motifs is 1. The number of hydrogen-bond acceptors (Lipinski definition) is 6. The molecule has 0 fully saturated rings. The minimum atomic E-state index is -0.485. The first-order valence-electron chi connectivity index (χ1n) is 10.7. The van der Waals surface area contributed by atoms with Gasteiger partial charge >= 0.3 is 5.91 Å². The lowest BCUT2D eigenvalue weighted by atomic mass is 10.2. The molecular formula is C26H22BrFN2O5. The average molecular weight is 541 g/mol.